The highest BCUT2D eigenvalue weighted by Gasteiger charge is 2.31. The number of carbonyl (C=O) groups is 2. The molecule has 1 aliphatic rings. The van der Waals surface area contributed by atoms with Gasteiger partial charge in [0.25, 0.3) is 5.91 Å². The maximum absolute atomic E-state index is 13.2. The minimum absolute atomic E-state index is 0.0263. The SMILES string of the molecule is O=C(N[C@H]1CC(=O)N(c2ccc(F)cc2)C1)c1ccc(F)c(F)c1. The Kier molecular flexibility index (Phi) is 4.24. The average Bonchev–Trinajstić information content (AvgIpc) is 2.91. The van der Waals surface area contributed by atoms with Crippen molar-refractivity contribution < 1.29 is 22.8 Å². The van der Waals surface area contributed by atoms with Crippen molar-refractivity contribution in [2.24, 2.45) is 0 Å². The smallest absolute Gasteiger partial charge is 0.251 e. The fourth-order valence-corrected chi connectivity index (χ4v) is 2.58. The Morgan fingerprint density at radius 3 is 2.42 bits per heavy atom. The lowest BCUT2D eigenvalue weighted by Crippen LogP contribution is -2.37. The first-order valence-corrected chi connectivity index (χ1v) is 7.26. The molecule has 0 bridgehead atoms. The minimum atomic E-state index is -1.11. The Labute approximate surface area is 135 Å². The van der Waals surface area contributed by atoms with Gasteiger partial charge in [0.15, 0.2) is 11.6 Å². The molecule has 3 rings (SSSR count). The van der Waals surface area contributed by atoms with Crippen LogP contribution in [0.5, 0.6) is 0 Å². The number of hydrogen-bond donors (Lipinski definition) is 1. The van der Waals surface area contributed by atoms with Gasteiger partial charge in [-0.15, -0.1) is 0 Å². The second kappa shape index (κ2) is 6.35. The Morgan fingerprint density at radius 1 is 1.04 bits per heavy atom. The molecule has 0 aliphatic carbocycles. The summed E-state index contributed by atoms with van der Waals surface area (Å²) in [4.78, 5) is 25.6. The maximum atomic E-state index is 13.2. The van der Waals surface area contributed by atoms with Crippen molar-refractivity contribution in [3.63, 3.8) is 0 Å². The summed E-state index contributed by atoms with van der Waals surface area (Å²) in [5.41, 5.74) is 0.507. The van der Waals surface area contributed by atoms with E-state index in [1.807, 2.05) is 0 Å². The van der Waals surface area contributed by atoms with E-state index in [0.717, 1.165) is 12.1 Å². The fourth-order valence-electron chi connectivity index (χ4n) is 2.58. The van der Waals surface area contributed by atoms with Crippen LogP contribution in [0.2, 0.25) is 0 Å². The molecule has 0 saturated carbocycles. The topological polar surface area (TPSA) is 49.4 Å². The Hall–Kier alpha value is -2.83. The van der Waals surface area contributed by atoms with Gasteiger partial charge < -0.3 is 10.2 Å². The van der Waals surface area contributed by atoms with Gasteiger partial charge in [-0.2, -0.15) is 0 Å². The second-order valence-electron chi connectivity index (χ2n) is 5.48. The first-order chi connectivity index (χ1) is 11.4. The number of rotatable bonds is 3. The van der Waals surface area contributed by atoms with Gasteiger partial charge >= 0.3 is 0 Å². The Morgan fingerprint density at radius 2 is 1.75 bits per heavy atom. The van der Waals surface area contributed by atoms with Crippen LogP contribution in [-0.2, 0) is 4.79 Å². The molecule has 1 aliphatic heterocycles. The van der Waals surface area contributed by atoms with Crippen LogP contribution >= 0.6 is 0 Å². The number of nitrogens with zero attached hydrogens (tertiary/aromatic N) is 1. The average molecular weight is 334 g/mol. The van der Waals surface area contributed by atoms with E-state index >= 15 is 0 Å². The van der Waals surface area contributed by atoms with Gasteiger partial charge in [-0.25, -0.2) is 13.2 Å². The standard InChI is InChI=1S/C17H13F3N2O2/c18-11-2-4-13(5-3-11)22-9-12(8-16(22)23)21-17(24)10-1-6-14(19)15(20)7-10/h1-7,12H,8-9H2,(H,21,24)/t12-/m0/s1. The summed E-state index contributed by atoms with van der Waals surface area (Å²) in [7, 11) is 0. The zero-order valence-corrected chi connectivity index (χ0v) is 12.4. The molecule has 124 valence electrons. The number of amides is 2. The van der Waals surface area contributed by atoms with E-state index in [4.69, 9.17) is 0 Å². The minimum Gasteiger partial charge on any atom is -0.347 e. The molecule has 1 heterocycles. The van der Waals surface area contributed by atoms with Crippen LogP contribution in [0.3, 0.4) is 0 Å². The van der Waals surface area contributed by atoms with Gasteiger partial charge in [-0.05, 0) is 42.5 Å². The number of anilines is 1. The third-order valence-corrected chi connectivity index (χ3v) is 3.78. The first-order valence-electron chi connectivity index (χ1n) is 7.26. The third kappa shape index (κ3) is 3.24. The molecule has 2 aromatic rings. The highest BCUT2D eigenvalue weighted by atomic mass is 19.2. The highest BCUT2D eigenvalue weighted by Crippen LogP contribution is 2.22. The third-order valence-electron chi connectivity index (χ3n) is 3.78. The lowest BCUT2D eigenvalue weighted by molar-refractivity contribution is -0.117. The van der Waals surface area contributed by atoms with Crippen molar-refractivity contribution in [1.29, 1.82) is 0 Å². The van der Waals surface area contributed by atoms with E-state index in [0.29, 0.717) is 5.69 Å². The number of benzene rings is 2. The van der Waals surface area contributed by atoms with E-state index in [2.05, 4.69) is 5.32 Å². The van der Waals surface area contributed by atoms with Gasteiger partial charge in [0, 0.05) is 24.2 Å². The van der Waals surface area contributed by atoms with Crippen molar-refractivity contribution in [3.05, 3.63) is 65.5 Å². The molecule has 7 heteroatoms. The summed E-state index contributed by atoms with van der Waals surface area (Å²) in [6.07, 6.45) is 0.0762. The Balaban J connectivity index is 1.68. The van der Waals surface area contributed by atoms with Crippen LogP contribution in [0.1, 0.15) is 16.8 Å². The molecule has 2 aromatic carbocycles. The van der Waals surface area contributed by atoms with Gasteiger partial charge in [-0.1, -0.05) is 0 Å². The Bertz CT molecular complexity index is 793. The highest BCUT2D eigenvalue weighted by molar-refractivity contribution is 5.98. The molecular formula is C17H13F3N2O2. The summed E-state index contributed by atoms with van der Waals surface area (Å²) in [5, 5.41) is 2.62. The van der Waals surface area contributed by atoms with E-state index in [9.17, 15) is 22.8 Å². The van der Waals surface area contributed by atoms with Crippen LogP contribution in [-0.4, -0.2) is 24.4 Å². The van der Waals surface area contributed by atoms with Crippen molar-refractivity contribution in [1.82, 2.24) is 5.32 Å². The molecule has 2 amide bonds. The molecule has 0 aromatic heterocycles. The van der Waals surface area contributed by atoms with Crippen molar-refractivity contribution in [3.8, 4) is 0 Å². The van der Waals surface area contributed by atoms with Gasteiger partial charge in [0.1, 0.15) is 5.82 Å². The number of carbonyl (C=O) groups excluding carboxylic acids is 2. The fraction of sp³-hybridized carbons (Fsp3) is 0.176. The lowest BCUT2D eigenvalue weighted by Gasteiger charge is -2.17. The molecule has 1 atom stereocenters. The summed E-state index contributed by atoms with van der Waals surface area (Å²) < 4.78 is 39.0. The lowest BCUT2D eigenvalue weighted by atomic mass is 10.1. The quantitative estimate of drug-likeness (QED) is 0.938. The summed E-state index contributed by atoms with van der Waals surface area (Å²) in [6.45, 7) is 0.222. The largest absolute Gasteiger partial charge is 0.347 e. The summed E-state index contributed by atoms with van der Waals surface area (Å²) >= 11 is 0. The van der Waals surface area contributed by atoms with Crippen LogP contribution in [0.15, 0.2) is 42.5 Å². The van der Waals surface area contributed by atoms with Gasteiger partial charge in [0.2, 0.25) is 5.91 Å². The molecular weight excluding hydrogens is 321 g/mol. The van der Waals surface area contributed by atoms with Crippen LogP contribution in [0.25, 0.3) is 0 Å². The van der Waals surface area contributed by atoms with E-state index < -0.39 is 29.4 Å². The molecule has 1 fully saturated rings. The molecule has 4 nitrogen and oxygen atoms in total. The van der Waals surface area contributed by atoms with Crippen molar-refractivity contribution in [2.75, 3.05) is 11.4 Å². The van der Waals surface area contributed by atoms with Crippen molar-refractivity contribution >= 4 is 17.5 Å². The van der Waals surface area contributed by atoms with Crippen molar-refractivity contribution in [2.45, 2.75) is 12.5 Å². The maximum Gasteiger partial charge on any atom is 0.251 e. The number of hydrogen-bond acceptors (Lipinski definition) is 2. The molecule has 0 unspecified atom stereocenters. The molecule has 0 radical (unpaired) electrons. The van der Waals surface area contributed by atoms with E-state index in [-0.39, 0.29) is 24.4 Å². The normalized spacial score (nSPS) is 17.2. The van der Waals surface area contributed by atoms with Crippen LogP contribution in [0, 0.1) is 17.5 Å². The summed E-state index contributed by atoms with van der Waals surface area (Å²) in [6, 6.07) is 7.82. The van der Waals surface area contributed by atoms with E-state index in [1.165, 1.54) is 35.2 Å². The predicted molar refractivity (Wildman–Crippen MR) is 81.0 cm³/mol. The molecule has 1 N–H and O–H groups in total. The predicted octanol–water partition coefficient (Wildman–Crippen LogP) is 2.64. The summed E-state index contributed by atoms with van der Waals surface area (Å²) in [5.74, 6) is -3.36. The van der Waals surface area contributed by atoms with Crippen LogP contribution < -0.4 is 10.2 Å². The number of halogens is 3. The van der Waals surface area contributed by atoms with Gasteiger partial charge in [0.05, 0.1) is 6.04 Å². The van der Waals surface area contributed by atoms with Crippen LogP contribution in [0.4, 0.5) is 18.9 Å². The van der Waals surface area contributed by atoms with Gasteiger partial charge in [-0.3, -0.25) is 9.59 Å². The molecule has 0 spiro atoms. The molecule has 1 saturated heterocycles. The zero-order chi connectivity index (χ0) is 17.3. The number of nitrogens with one attached hydrogen (secondary N) is 1. The monoisotopic (exact) mass is 334 g/mol. The van der Waals surface area contributed by atoms with E-state index in [1.54, 1.807) is 0 Å². The molecule has 24 heavy (non-hydrogen) atoms. The first kappa shape index (κ1) is 16.0. The zero-order valence-electron chi connectivity index (χ0n) is 12.4. The second-order valence-corrected chi connectivity index (χ2v) is 5.48.